The maximum Gasteiger partial charge on any atom is 0.407 e. The van der Waals surface area contributed by atoms with Gasteiger partial charge >= 0.3 is 12.1 Å². The predicted octanol–water partition coefficient (Wildman–Crippen LogP) is 0.462. The highest BCUT2D eigenvalue weighted by molar-refractivity contribution is 5.71. The predicted molar refractivity (Wildman–Crippen MR) is 46.2 cm³/mol. The van der Waals surface area contributed by atoms with Crippen molar-refractivity contribution >= 4 is 12.1 Å². The molecule has 0 aromatic carbocycles. The third-order valence-electron chi connectivity index (χ3n) is 1.16. The number of esters is 1. The summed E-state index contributed by atoms with van der Waals surface area (Å²) >= 11 is 0. The van der Waals surface area contributed by atoms with Gasteiger partial charge in [0.1, 0.15) is 6.61 Å². The zero-order valence-corrected chi connectivity index (χ0v) is 7.54. The van der Waals surface area contributed by atoms with Crippen LogP contribution < -0.4 is 5.32 Å². The van der Waals surface area contributed by atoms with Crippen molar-refractivity contribution in [3.63, 3.8) is 0 Å². The van der Waals surface area contributed by atoms with Crippen LogP contribution in [-0.2, 0) is 14.3 Å². The number of hydrogen-bond acceptors (Lipinski definition) is 4. The molecule has 0 aliphatic heterocycles. The Balaban J connectivity index is 3.36. The summed E-state index contributed by atoms with van der Waals surface area (Å²) in [6.07, 6.45) is 1.03. The summed E-state index contributed by atoms with van der Waals surface area (Å²) in [5, 5.41) is 2.37. The number of rotatable bonds is 5. The summed E-state index contributed by atoms with van der Waals surface area (Å²) in [7, 11) is 1.29. The van der Waals surface area contributed by atoms with Crippen LogP contribution in [-0.4, -0.2) is 32.3 Å². The highest BCUT2D eigenvalue weighted by Crippen LogP contribution is 1.83. The van der Waals surface area contributed by atoms with E-state index in [4.69, 9.17) is 0 Å². The Morgan fingerprint density at radius 1 is 1.54 bits per heavy atom. The monoisotopic (exact) mass is 187 g/mol. The van der Waals surface area contributed by atoms with Crippen molar-refractivity contribution in [2.45, 2.75) is 6.42 Å². The normalized spacial score (nSPS) is 8.69. The zero-order chi connectivity index (χ0) is 10.1. The summed E-state index contributed by atoms with van der Waals surface area (Å²) in [6.45, 7) is 3.74. The van der Waals surface area contributed by atoms with Gasteiger partial charge in [-0.25, -0.2) is 4.79 Å². The maximum atomic E-state index is 10.7. The number of hydrogen-bond donors (Lipinski definition) is 1. The van der Waals surface area contributed by atoms with Gasteiger partial charge < -0.3 is 14.8 Å². The molecule has 0 spiro atoms. The van der Waals surface area contributed by atoms with E-state index in [1.54, 1.807) is 0 Å². The number of nitrogens with one attached hydrogen (secondary N) is 1. The molecule has 0 heterocycles. The van der Waals surface area contributed by atoms with E-state index in [0.717, 1.165) is 0 Å². The van der Waals surface area contributed by atoms with Crippen LogP contribution in [0.1, 0.15) is 6.42 Å². The fourth-order valence-electron chi connectivity index (χ4n) is 0.554. The van der Waals surface area contributed by atoms with E-state index in [1.807, 2.05) is 0 Å². The first kappa shape index (κ1) is 11.5. The van der Waals surface area contributed by atoms with Crippen molar-refractivity contribution in [1.29, 1.82) is 0 Å². The van der Waals surface area contributed by atoms with E-state index in [-0.39, 0.29) is 25.5 Å². The Morgan fingerprint density at radius 3 is 2.77 bits per heavy atom. The highest BCUT2D eigenvalue weighted by atomic mass is 16.5. The van der Waals surface area contributed by atoms with Gasteiger partial charge in [-0.05, 0) is 0 Å². The first-order valence-corrected chi connectivity index (χ1v) is 3.79. The van der Waals surface area contributed by atoms with Crippen molar-refractivity contribution in [2.24, 2.45) is 0 Å². The van der Waals surface area contributed by atoms with E-state index < -0.39 is 6.09 Å². The molecule has 0 aromatic heterocycles. The standard InChI is InChI=1S/C8H13NO4/c1-3-6-13-8(11)9-5-4-7(10)12-2/h3H,1,4-6H2,2H3,(H,9,11). The summed E-state index contributed by atoms with van der Waals surface area (Å²) < 4.78 is 8.95. The molecule has 5 nitrogen and oxygen atoms in total. The Labute approximate surface area is 76.7 Å². The molecule has 0 aliphatic rings. The van der Waals surface area contributed by atoms with E-state index in [9.17, 15) is 9.59 Å². The maximum absolute atomic E-state index is 10.7. The lowest BCUT2D eigenvalue weighted by atomic mass is 10.4. The Kier molecular flexibility index (Phi) is 6.31. The second kappa shape index (κ2) is 7.15. The molecule has 1 amide bonds. The quantitative estimate of drug-likeness (QED) is 0.501. The van der Waals surface area contributed by atoms with Gasteiger partial charge in [0.05, 0.1) is 13.5 Å². The Bertz CT molecular complexity index is 191. The van der Waals surface area contributed by atoms with Crippen LogP contribution in [0.5, 0.6) is 0 Å². The lowest BCUT2D eigenvalue weighted by Gasteiger charge is -2.03. The van der Waals surface area contributed by atoms with Crippen LogP contribution in [0, 0.1) is 0 Å². The molecule has 0 aliphatic carbocycles. The van der Waals surface area contributed by atoms with E-state index in [0.29, 0.717) is 0 Å². The largest absolute Gasteiger partial charge is 0.469 e. The number of alkyl carbamates (subject to hydrolysis) is 1. The van der Waals surface area contributed by atoms with Crippen LogP contribution in [0.2, 0.25) is 0 Å². The number of carbonyl (C=O) groups excluding carboxylic acids is 2. The molecule has 0 fully saturated rings. The lowest BCUT2D eigenvalue weighted by molar-refractivity contribution is -0.140. The second-order valence-corrected chi connectivity index (χ2v) is 2.14. The second-order valence-electron chi connectivity index (χ2n) is 2.14. The topological polar surface area (TPSA) is 64.6 Å². The van der Waals surface area contributed by atoms with Gasteiger partial charge in [-0.3, -0.25) is 4.79 Å². The van der Waals surface area contributed by atoms with Crippen molar-refractivity contribution in [1.82, 2.24) is 5.32 Å². The average molecular weight is 187 g/mol. The van der Waals surface area contributed by atoms with Crippen LogP contribution in [0.25, 0.3) is 0 Å². The third kappa shape index (κ3) is 6.86. The van der Waals surface area contributed by atoms with Gasteiger partial charge in [-0.15, -0.1) is 0 Å². The van der Waals surface area contributed by atoms with Gasteiger partial charge in [0, 0.05) is 6.54 Å². The number of amides is 1. The minimum atomic E-state index is -0.566. The average Bonchev–Trinajstić information content (AvgIpc) is 2.14. The van der Waals surface area contributed by atoms with Crippen LogP contribution >= 0.6 is 0 Å². The summed E-state index contributed by atoms with van der Waals surface area (Å²) in [6, 6.07) is 0. The van der Waals surface area contributed by atoms with Crippen molar-refractivity contribution in [2.75, 3.05) is 20.3 Å². The SMILES string of the molecule is C=CCOC(=O)NCCC(=O)OC. The molecular weight excluding hydrogens is 174 g/mol. The molecule has 0 atom stereocenters. The van der Waals surface area contributed by atoms with Gasteiger partial charge in [-0.2, -0.15) is 0 Å². The molecule has 0 rings (SSSR count). The van der Waals surface area contributed by atoms with E-state index in [2.05, 4.69) is 21.4 Å². The molecule has 0 bridgehead atoms. The smallest absolute Gasteiger partial charge is 0.407 e. The van der Waals surface area contributed by atoms with Gasteiger partial charge in [0.15, 0.2) is 0 Å². The van der Waals surface area contributed by atoms with Crippen molar-refractivity contribution < 1.29 is 19.1 Å². The molecule has 0 radical (unpaired) electrons. The zero-order valence-electron chi connectivity index (χ0n) is 7.54. The fraction of sp³-hybridized carbons (Fsp3) is 0.500. The molecule has 0 unspecified atom stereocenters. The van der Waals surface area contributed by atoms with Gasteiger partial charge in [0.25, 0.3) is 0 Å². The molecule has 74 valence electrons. The molecule has 1 N–H and O–H groups in total. The molecule has 0 saturated carbocycles. The molecule has 0 saturated heterocycles. The van der Waals surface area contributed by atoms with E-state index >= 15 is 0 Å². The van der Waals surface area contributed by atoms with E-state index in [1.165, 1.54) is 13.2 Å². The molecule has 5 heteroatoms. The fourth-order valence-corrected chi connectivity index (χ4v) is 0.554. The third-order valence-corrected chi connectivity index (χ3v) is 1.16. The highest BCUT2D eigenvalue weighted by Gasteiger charge is 2.02. The molecule has 13 heavy (non-hydrogen) atoms. The van der Waals surface area contributed by atoms with Crippen molar-refractivity contribution in [3.05, 3.63) is 12.7 Å². The van der Waals surface area contributed by atoms with Crippen molar-refractivity contribution in [3.8, 4) is 0 Å². The Morgan fingerprint density at radius 2 is 2.23 bits per heavy atom. The van der Waals surface area contributed by atoms with Crippen LogP contribution in [0.3, 0.4) is 0 Å². The minimum absolute atomic E-state index is 0.139. The number of carbonyl (C=O) groups is 2. The van der Waals surface area contributed by atoms with Gasteiger partial charge in [-0.1, -0.05) is 12.7 Å². The summed E-state index contributed by atoms with van der Waals surface area (Å²) in [4.78, 5) is 21.3. The minimum Gasteiger partial charge on any atom is -0.469 e. The lowest BCUT2D eigenvalue weighted by Crippen LogP contribution is -2.27. The molecule has 0 aromatic rings. The molecular formula is C8H13NO4. The summed E-state index contributed by atoms with van der Waals surface area (Å²) in [5.74, 6) is -0.371. The van der Waals surface area contributed by atoms with Gasteiger partial charge in [0.2, 0.25) is 0 Å². The van der Waals surface area contributed by atoms with Crippen LogP contribution in [0.15, 0.2) is 12.7 Å². The van der Waals surface area contributed by atoms with Crippen LogP contribution in [0.4, 0.5) is 4.79 Å². The Hall–Kier alpha value is -1.52. The number of ether oxygens (including phenoxy) is 2. The summed E-state index contributed by atoms with van der Waals surface area (Å²) in [5.41, 5.74) is 0. The number of methoxy groups -OCH3 is 1. The first-order valence-electron chi connectivity index (χ1n) is 3.79. The first-order chi connectivity index (χ1) is 6.20.